The maximum Gasteiger partial charge on any atom is 0.277 e. The lowest BCUT2D eigenvalue weighted by molar-refractivity contribution is -0.123. The Bertz CT molecular complexity index is 1100. The summed E-state index contributed by atoms with van der Waals surface area (Å²) in [7, 11) is 0. The van der Waals surface area contributed by atoms with E-state index in [4.69, 9.17) is 0 Å². The number of aromatic nitrogens is 1. The number of hydrogen-bond donors (Lipinski definition) is 1. The first-order chi connectivity index (χ1) is 16.0. The molecular formula is C27H28FN3O2. The monoisotopic (exact) mass is 445 g/mol. The molecule has 1 aromatic heterocycles. The first kappa shape index (κ1) is 22.6. The molecule has 1 aliphatic rings. The molecule has 33 heavy (non-hydrogen) atoms. The Kier molecular flexibility index (Phi) is 7.13. The zero-order chi connectivity index (χ0) is 23.2. The van der Waals surface area contributed by atoms with Crippen LogP contribution < -0.4 is 10.2 Å². The Morgan fingerprint density at radius 3 is 2.33 bits per heavy atom. The van der Waals surface area contributed by atoms with Gasteiger partial charge < -0.3 is 5.32 Å². The fourth-order valence-electron chi connectivity index (χ4n) is 4.32. The Hall–Kier alpha value is -3.54. The Morgan fingerprint density at radius 1 is 0.970 bits per heavy atom. The Labute approximate surface area is 193 Å². The fraction of sp³-hybridized carbons (Fsp3) is 0.296. The minimum absolute atomic E-state index is 0.0188. The summed E-state index contributed by atoms with van der Waals surface area (Å²) in [5.74, 6) is -1.39. The first-order valence-electron chi connectivity index (χ1n) is 11.4. The van der Waals surface area contributed by atoms with Gasteiger partial charge in [-0.25, -0.2) is 4.39 Å². The van der Waals surface area contributed by atoms with Crippen molar-refractivity contribution in [3.63, 3.8) is 0 Å². The third-order valence-electron chi connectivity index (χ3n) is 6.07. The van der Waals surface area contributed by atoms with Crippen molar-refractivity contribution in [2.24, 2.45) is 0 Å². The van der Waals surface area contributed by atoms with Gasteiger partial charge >= 0.3 is 0 Å². The maximum atomic E-state index is 15.1. The lowest BCUT2D eigenvalue weighted by Gasteiger charge is -2.33. The van der Waals surface area contributed by atoms with Gasteiger partial charge in [0.2, 0.25) is 5.91 Å². The van der Waals surface area contributed by atoms with Crippen LogP contribution >= 0.6 is 0 Å². The number of anilines is 1. The zero-order valence-corrected chi connectivity index (χ0v) is 18.7. The molecule has 0 saturated heterocycles. The van der Waals surface area contributed by atoms with Crippen molar-refractivity contribution in [2.75, 3.05) is 4.90 Å². The second-order valence-corrected chi connectivity index (χ2v) is 8.49. The molecule has 2 amide bonds. The molecule has 1 N–H and O–H groups in total. The molecule has 4 rings (SSSR count). The predicted molar refractivity (Wildman–Crippen MR) is 126 cm³/mol. The van der Waals surface area contributed by atoms with Crippen molar-refractivity contribution in [2.45, 2.75) is 51.1 Å². The second kappa shape index (κ2) is 10.4. The molecule has 3 aromatic rings. The normalized spacial score (nSPS) is 15.0. The van der Waals surface area contributed by atoms with E-state index in [9.17, 15) is 9.59 Å². The Morgan fingerprint density at radius 2 is 1.67 bits per heavy atom. The lowest BCUT2D eigenvalue weighted by atomic mass is 9.94. The topological polar surface area (TPSA) is 62.3 Å². The fourth-order valence-corrected chi connectivity index (χ4v) is 4.32. The van der Waals surface area contributed by atoms with Crippen LogP contribution in [0, 0.1) is 12.7 Å². The maximum absolute atomic E-state index is 15.1. The van der Waals surface area contributed by atoms with E-state index in [2.05, 4.69) is 10.3 Å². The van der Waals surface area contributed by atoms with Crippen LogP contribution in [0.15, 0.2) is 72.9 Å². The number of nitrogens with zero attached hydrogens (tertiary/aromatic N) is 2. The van der Waals surface area contributed by atoms with Crippen molar-refractivity contribution < 1.29 is 14.0 Å². The number of carbonyl (C=O) groups excluding carboxylic acids is 2. The number of halogens is 1. The molecule has 1 heterocycles. The number of amides is 2. The molecule has 0 radical (unpaired) electrons. The number of carbonyl (C=O) groups is 2. The lowest BCUT2D eigenvalue weighted by Crippen LogP contribution is -2.47. The van der Waals surface area contributed by atoms with Crippen LogP contribution in [0.1, 0.15) is 59.8 Å². The molecular weight excluding hydrogens is 417 g/mol. The molecule has 0 spiro atoms. The summed E-state index contributed by atoms with van der Waals surface area (Å²) in [6.45, 7) is 1.94. The van der Waals surface area contributed by atoms with Crippen LogP contribution in [0.25, 0.3) is 0 Å². The summed E-state index contributed by atoms with van der Waals surface area (Å²) in [6.07, 6.45) is 6.54. The third kappa shape index (κ3) is 5.28. The van der Waals surface area contributed by atoms with Crippen LogP contribution in [0.3, 0.4) is 0 Å². The highest BCUT2D eigenvalue weighted by Crippen LogP contribution is 2.32. The average Bonchev–Trinajstić information content (AvgIpc) is 2.85. The van der Waals surface area contributed by atoms with Crippen LogP contribution in [0.2, 0.25) is 0 Å². The van der Waals surface area contributed by atoms with Gasteiger partial charge in [-0.3, -0.25) is 19.5 Å². The molecule has 1 saturated carbocycles. The number of rotatable bonds is 6. The molecule has 2 aromatic carbocycles. The van der Waals surface area contributed by atoms with E-state index in [0.29, 0.717) is 5.69 Å². The highest BCUT2D eigenvalue weighted by atomic mass is 19.1. The molecule has 0 bridgehead atoms. The van der Waals surface area contributed by atoms with E-state index < -0.39 is 23.7 Å². The number of hydrogen-bond acceptors (Lipinski definition) is 3. The number of benzene rings is 2. The molecule has 0 unspecified atom stereocenters. The molecule has 6 heteroatoms. The van der Waals surface area contributed by atoms with E-state index in [-0.39, 0.29) is 17.3 Å². The predicted octanol–water partition coefficient (Wildman–Crippen LogP) is 5.37. The molecule has 0 aliphatic heterocycles. The third-order valence-corrected chi connectivity index (χ3v) is 6.07. The van der Waals surface area contributed by atoms with E-state index >= 15 is 4.39 Å². The standard InChI is InChI=1S/C27H28FN3O2/c1-19-14-16-21(17-15-19)31(27(33)24-13-7-8-18-29-24)25(22-11-5-6-12-23(22)28)26(32)30-20-9-3-2-4-10-20/h5-8,11-18,20,25H,2-4,9-10H2,1H3,(H,30,32)/t25-/m1/s1. The van der Waals surface area contributed by atoms with Gasteiger partial charge in [0.25, 0.3) is 5.91 Å². The van der Waals surface area contributed by atoms with Crippen molar-refractivity contribution >= 4 is 17.5 Å². The minimum Gasteiger partial charge on any atom is -0.351 e. The summed E-state index contributed by atoms with van der Waals surface area (Å²) < 4.78 is 15.1. The van der Waals surface area contributed by atoms with Gasteiger partial charge in [-0.15, -0.1) is 0 Å². The highest BCUT2D eigenvalue weighted by Gasteiger charge is 2.36. The SMILES string of the molecule is Cc1ccc(N(C(=O)c2ccccn2)[C@@H](C(=O)NC2CCCCC2)c2ccccc2F)cc1. The van der Waals surface area contributed by atoms with Crippen LogP contribution in [0.4, 0.5) is 10.1 Å². The molecule has 1 atom stereocenters. The van der Waals surface area contributed by atoms with Gasteiger partial charge in [0, 0.05) is 23.5 Å². The van der Waals surface area contributed by atoms with Crippen molar-refractivity contribution in [1.29, 1.82) is 0 Å². The van der Waals surface area contributed by atoms with Crippen LogP contribution in [-0.4, -0.2) is 22.8 Å². The van der Waals surface area contributed by atoms with E-state index in [1.807, 2.05) is 19.1 Å². The quantitative estimate of drug-likeness (QED) is 0.555. The molecule has 1 fully saturated rings. The van der Waals surface area contributed by atoms with Gasteiger partial charge in [-0.1, -0.05) is 61.2 Å². The second-order valence-electron chi connectivity index (χ2n) is 8.49. The Balaban J connectivity index is 1.81. The zero-order valence-electron chi connectivity index (χ0n) is 18.7. The number of pyridine rings is 1. The van der Waals surface area contributed by atoms with Crippen LogP contribution in [-0.2, 0) is 4.79 Å². The highest BCUT2D eigenvalue weighted by molar-refractivity contribution is 6.09. The van der Waals surface area contributed by atoms with Gasteiger partial charge in [0.1, 0.15) is 17.6 Å². The molecule has 5 nitrogen and oxygen atoms in total. The van der Waals surface area contributed by atoms with Gasteiger partial charge in [-0.2, -0.15) is 0 Å². The minimum atomic E-state index is -1.18. The van der Waals surface area contributed by atoms with E-state index in [1.165, 1.54) is 17.2 Å². The molecule has 1 aliphatic carbocycles. The van der Waals surface area contributed by atoms with E-state index in [1.54, 1.807) is 48.5 Å². The van der Waals surface area contributed by atoms with Crippen LogP contribution in [0.5, 0.6) is 0 Å². The number of nitrogens with one attached hydrogen (secondary N) is 1. The van der Waals surface area contributed by atoms with Gasteiger partial charge in [-0.05, 0) is 50.1 Å². The number of aryl methyl sites for hydroxylation is 1. The van der Waals surface area contributed by atoms with Crippen molar-refractivity contribution in [3.05, 3.63) is 95.6 Å². The van der Waals surface area contributed by atoms with E-state index in [0.717, 1.165) is 37.7 Å². The van der Waals surface area contributed by atoms with Crippen molar-refractivity contribution in [1.82, 2.24) is 10.3 Å². The summed E-state index contributed by atoms with van der Waals surface area (Å²) in [4.78, 5) is 33.0. The van der Waals surface area contributed by atoms with Gasteiger partial charge in [0.05, 0.1) is 0 Å². The summed E-state index contributed by atoms with van der Waals surface area (Å²) >= 11 is 0. The largest absolute Gasteiger partial charge is 0.351 e. The smallest absolute Gasteiger partial charge is 0.277 e. The molecule has 170 valence electrons. The van der Waals surface area contributed by atoms with Gasteiger partial charge in [0.15, 0.2) is 0 Å². The summed E-state index contributed by atoms with van der Waals surface area (Å²) in [5.41, 5.74) is 1.85. The summed E-state index contributed by atoms with van der Waals surface area (Å²) in [6, 6.07) is 17.3. The average molecular weight is 446 g/mol. The summed E-state index contributed by atoms with van der Waals surface area (Å²) in [5, 5.41) is 3.09. The first-order valence-corrected chi connectivity index (χ1v) is 11.4. The van der Waals surface area contributed by atoms with Crippen molar-refractivity contribution in [3.8, 4) is 0 Å².